The Labute approximate surface area is 164 Å². The molecule has 0 aliphatic carbocycles. The lowest BCUT2D eigenvalue weighted by molar-refractivity contribution is -0.114. The van der Waals surface area contributed by atoms with Crippen molar-refractivity contribution in [2.45, 2.75) is 6.92 Å². The monoisotopic (exact) mass is 398 g/mol. The molecule has 0 aliphatic heterocycles. The Balaban J connectivity index is 1.66. The predicted octanol–water partition coefficient (Wildman–Crippen LogP) is 4.32. The fourth-order valence-electron chi connectivity index (χ4n) is 2.31. The highest BCUT2D eigenvalue weighted by Gasteiger charge is 2.13. The van der Waals surface area contributed by atoms with Crippen LogP contribution in [-0.4, -0.2) is 17.8 Å². The molecule has 6 nitrogen and oxygen atoms in total. The van der Waals surface area contributed by atoms with Gasteiger partial charge >= 0.3 is 5.97 Å². The molecule has 0 bridgehead atoms. The summed E-state index contributed by atoms with van der Waals surface area (Å²) in [6, 6.07) is 11.5. The van der Waals surface area contributed by atoms with Crippen molar-refractivity contribution in [3.05, 3.63) is 76.2 Å². The van der Waals surface area contributed by atoms with E-state index in [4.69, 9.17) is 4.74 Å². The van der Waals surface area contributed by atoms with Crippen molar-refractivity contribution in [3.8, 4) is 5.75 Å². The first-order valence-electron chi connectivity index (χ1n) is 8.15. The van der Waals surface area contributed by atoms with E-state index in [0.29, 0.717) is 11.3 Å². The molecule has 3 aromatic rings. The topological polar surface area (TPSA) is 84.5 Å². The molecule has 0 spiro atoms. The minimum atomic E-state index is -0.707. The second-order valence-electron chi connectivity index (χ2n) is 5.76. The maximum absolute atomic E-state index is 13.7. The minimum Gasteiger partial charge on any atom is -0.423 e. The molecule has 142 valence electrons. The summed E-state index contributed by atoms with van der Waals surface area (Å²) in [7, 11) is 0. The molecule has 2 aromatic carbocycles. The highest BCUT2D eigenvalue weighted by Crippen LogP contribution is 2.20. The molecular formula is C20H15FN2O4S. The number of halogens is 1. The number of ether oxygens (including phenoxy) is 1. The van der Waals surface area contributed by atoms with Crippen LogP contribution >= 0.6 is 11.3 Å². The Morgan fingerprint density at radius 1 is 0.964 bits per heavy atom. The number of benzene rings is 2. The number of esters is 1. The third-order valence-corrected chi connectivity index (χ3v) is 4.30. The summed E-state index contributed by atoms with van der Waals surface area (Å²) in [6.07, 6.45) is 0. The normalized spacial score (nSPS) is 10.2. The second kappa shape index (κ2) is 8.45. The van der Waals surface area contributed by atoms with Crippen LogP contribution in [0.2, 0.25) is 0 Å². The summed E-state index contributed by atoms with van der Waals surface area (Å²) in [5.41, 5.74) is 1.09. The van der Waals surface area contributed by atoms with E-state index in [1.807, 2.05) is 5.38 Å². The van der Waals surface area contributed by atoms with E-state index in [1.165, 1.54) is 42.5 Å². The molecule has 0 unspecified atom stereocenters. The van der Waals surface area contributed by atoms with Crippen LogP contribution in [-0.2, 0) is 4.79 Å². The summed E-state index contributed by atoms with van der Waals surface area (Å²) < 4.78 is 18.9. The van der Waals surface area contributed by atoms with Crippen LogP contribution in [0, 0.1) is 5.82 Å². The van der Waals surface area contributed by atoms with Crippen molar-refractivity contribution in [3.63, 3.8) is 0 Å². The van der Waals surface area contributed by atoms with Gasteiger partial charge in [-0.2, -0.15) is 11.3 Å². The summed E-state index contributed by atoms with van der Waals surface area (Å²) >= 11 is 1.43. The predicted molar refractivity (Wildman–Crippen MR) is 104 cm³/mol. The van der Waals surface area contributed by atoms with E-state index in [2.05, 4.69) is 10.6 Å². The molecule has 1 heterocycles. The van der Waals surface area contributed by atoms with Crippen molar-refractivity contribution in [1.82, 2.24) is 0 Å². The van der Waals surface area contributed by atoms with Gasteiger partial charge in [0, 0.05) is 18.0 Å². The van der Waals surface area contributed by atoms with Crippen LogP contribution in [0.5, 0.6) is 5.75 Å². The van der Waals surface area contributed by atoms with Crippen molar-refractivity contribution >= 4 is 40.5 Å². The van der Waals surface area contributed by atoms with Gasteiger partial charge in [-0.25, -0.2) is 9.18 Å². The molecule has 0 aliphatic rings. The smallest absolute Gasteiger partial charge is 0.343 e. The number of rotatable bonds is 5. The van der Waals surface area contributed by atoms with E-state index >= 15 is 0 Å². The molecule has 0 fully saturated rings. The zero-order chi connectivity index (χ0) is 20.1. The first-order valence-corrected chi connectivity index (χ1v) is 9.09. The van der Waals surface area contributed by atoms with Crippen molar-refractivity contribution < 1.29 is 23.5 Å². The lowest BCUT2D eigenvalue weighted by Gasteiger charge is -2.09. The molecule has 28 heavy (non-hydrogen) atoms. The Morgan fingerprint density at radius 2 is 1.71 bits per heavy atom. The summed E-state index contributed by atoms with van der Waals surface area (Å²) in [5.74, 6) is -1.80. The lowest BCUT2D eigenvalue weighted by atomic mass is 10.2. The highest BCUT2D eigenvalue weighted by atomic mass is 32.1. The molecule has 0 saturated carbocycles. The van der Waals surface area contributed by atoms with Gasteiger partial charge in [0.15, 0.2) is 0 Å². The third kappa shape index (κ3) is 4.80. The SMILES string of the molecule is CC(=O)Nc1cc(C(=O)Oc2ccc(NC(=O)c3ccsc3)cc2)ccc1F. The molecule has 8 heteroatoms. The van der Waals surface area contributed by atoms with Gasteiger partial charge in [-0.3, -0.25) is 9.59 Å². The highest BCUT2D eigenvalue weighted by molar-refractivity contribution is 7.08. The van der Waals surface area contributed by atoms with Gasteiger partial charge in [0.1, 0.15) is 11.6 Å². The Hall–Kier alpha value is -3.52. The average molecular weight is 398 g/mol. The number of nitrogens with one attached hydrogen (secondary N) is 2. The fourth-order valence-corrected chi connectivity index (χ4v) is 2.94. The van der Waals surface area contributed by atoms with Crippen molar-refractivity contribution in [1.29, 1.82) is 0 Å². The van der Waals surface area contributed by atoms with E-state index in [-0.39, 0.29) is 22.9 Å². The van der Waals surface area contributed by atoms with Crippen LogP contribution in [0.3, 0.4) is 0 Å². The average Bonchev–Trinajstić information content (AvgIpc) is 3.19. The number of hydrogen-bond acceptors (Lipinski definition) is 5. The Bertz CT molecular complexity index is 1020. The first kappa shape index (κ1) is 19.2. The van der Waals surface area contributed by atoms with Crippen LogP contribution < -0.4 is 15.4 Å². The van der Waals surface area contributed by atoms with Crippen molar-refractivity contribution in [2.24, 2.45) is 0 Å². The fraction of sp³-hybridized carbons (Fsp3) is 0.0500. The van der Waals surface area contributed by atoms with Gasteiger partial charge in [0.25, 0.3) is 5.91 Å². The van der Waals surface area contributed by atoms with Crippen LogP contribution in [0.1, 0.15) is 27.6 Å². The van der Waals surface area contributed by atoms with Gasteiger partial charge in [-0.15, -0.1) is 0 Å². The maximum atomic E-state index is 13.7. The Kier molecular flexibility index (Phi) is 5.81. The quantitative estimate of drug-likeness (QED) is 0.495. The first-order chi connectivity index (χ1) is 13.4. The molecular weight excluding hydrogens is 383 g/mol. The number of carbonyl (C=O) groups is 3. The van der Waals surface area contributed by atoms with E-state index in [0.717, 1.165) is 6.07 Å². The zero-order valence-corrected chi connectivity index (χ0v) is 15.5. The molecule has 2 N–H and O–H groups in total. The number of amides is 2. The molecule has 2 amide bonds. The molecule has 0 radical (unpaired) electrons. The van der Waals surface area contributed by atoms with E-state index in [9.17, 15) is 18.8 Å². The third-order valence-electron chi connectivity index (χ3n) is 3.62. The van der Waals surface area contributed by atoms with Crippen LogP contribution in [0.15, 0.2) is 59.3 Å². The molecule has 0 saturated heterocycles. The van der Waals surface area contributed by atoms with Gasteiger partial charge in [-0.05, 0) is 53.9 Å². The van der Waals surface area contributed by atoms with Gasteiger partial charge < -0.3 is 15.4 Å². The Morgan fingerprint density at radius 3 is 2.36 bits per heavy atom. The van der Waals surface area contributed by atoms with Gasteiger partial charge in [0.2, 0.25) is 5.91 Å². The maximum Gasteiger partial charge on any atom is 0.343 e. The summed E-state index contributed by atoms with van der Waals surface area (Å²) in [4.78, 5) is 35.4. The standard InChI is InChI=1S/C20H15FN2O4S/c1-12(24)22-18-10-13(2-7-17(18)21)20(26)27-16-5-3-15(4-6-16)23-19(25)14-8-9-28-11-14/h2-11H,1H3,(H,22,24)(H,23,25). The lowest BCUT2D eigenvalue weighted by Crippen LogP contribution is -2.12. The minimum absolute atomic E-state index is 0.0833. The zero-order valence-electron chi connectivity index (χ0n) is 14.7. The summed E-state index contributed by atoms with van der Waals surface area (Å²) in [5, 5.41) is 8.59. The largest absolute Gasteiger partial charge is 0.423 e. The number of anilines is 2. The molecule has 0 atom stereocenters. The van der Waals surface area contributed by atoms with Crippen molar-refractivity contribution in [2.75, 3.05) is 10.6 Å². The second-order valence-corrected chi connectivity index (χ2v) is 6.54. The van der Waals surface area contributed by atoms with E-state index < -0.39 is 17.7 Å². The van der Waals surface area contributed by atoms with Gasteiger partial charge in [0.05, 0.1) is 16.8 Å². The van der Waals surface area contributed by atoms with Gasteiger partial charge in [-0.1, -0.05) is 0 Å². The number of carbonyl (C=O) groups excluding carboxylic acids is 3. The van der Waals surface area contributed by atoms with E-state index in [1.54, 1.807) is 23.6 Å². The number of thiophene rings is 1. The van der Waals surface area contributed by atoms with Crippen LogP contribution in [0.25, 0.3) is 0 Å². The molecule has 3 rings (SSSR count). The summed E-state index contributed by atoms with van der Waals surface area (Å²) in [6.45, 7) is 1.24. The number of hydrogen-bond donors (Lipinski definition) is 2. The molecule has 1 aromatic heterocycles. The van der Waals surface area contributed by atoms with Crippen LogP contribution in [0.4, 0.5) is 15.8 Å².